The van der Waals surface area contributed by atoms with Gasteiger partial charge in [0, 0.05) is 31.9 Å². The summed E-state index contributed by atoms with van der Waals surface area (Å²) in [7, 11) is 0. The summed E-state index contributed by atoms with van der Waals surface area (Å²) in [5, 5.41) is 9.02. The van der Waals surface area contributed by atoms with Gasteiger partial charge in [0.2, 0.25) is 11.8 Å². The fourth-order valence-electron chi connectivity index (χ4n) is 4.54. The van der Waals surface area contributed by atoms with Crippen molar-refractivity contribution in [2.75, 3.05) is 18.5 Å². The van der Waals surface area contributed by atoms with E-state index >= 15 is 0 Å². The van der Waals surface area contributed by atoms with Gasteiger partial charge in [-0.25, -0.2) is 9.67 Å². The zero-order valence-electron chi connectivity index (χ0n) is 20.2. The van der Waals surface area contributed by atoms with Gasteiger partial charge in [-0.05, 0) is 44.4 Å². The summed E-state index contributed by atoms with van der Waals surface area (Å²) in [5.41, 5.74) is 4.67. The van der Waals surface area contributed by atoms with Gasteiger partial charge in [0.05, 0.1) is 29.4 Å². The Hall–Kier alpha value is -3.63. The van der Waals surface area contributed by atoms with Crippen molar-refractivity contribution in [2.24, 2.45) is 0 Å². The highest BCUT2D eigenvalue weighted by Gasteiger charge is 2.22. The van der Waals surface area contributed by atoms with Gasteiger partial charge in [-0.1, -0.05) is 17.7 Å². The van der Waals surface area contributed by atoms with Gasteiger partial charge in [-0.2, -0.15) is 15.1 Å². The largest absolute Gasteiger partial charge is 0.474 e. The molecule has 1 fully saturated rings. The number of fused-ring (bicyclic) bond motifs is 2. The number of hydrogen-bond acceptors (Lipinski definition) is 8. The van der Waals surface area contributed by atoms with E-state index in [4.69, 9.17) is 35.5 Å². The maximum Gasteiger partial charge on any atom is 0.232 e. The summed E-state index contributed by atoms with van der Waals surface area (Å²) in [4.78, 5) is 17.1. The number of aryl methyl sites for hydroxylation is 1. The highest BCUT2D eigenvalue weighted by molar-refractivity contribution is 6.32. The van der Waals surface area contributed by atoms with Gasteiger partial charge in [-0.3, -0.25) is 0 Å². The van der Waals surface area contributed by atoms with Crippen LogP contribution in [0.15, 0.2) is 35.0 Å². The molecule has 0 radical (unpaired) electrons. The number of halogens is 1. The van der Waals surface area contributed by atoms with E-state index in [1.165, 1.54) is 0 Å². The lowest BCUT2D eigenvalue weighted by Crippen LogP contribution is -2.20. The number of ether oxygens (including phenoxy) is 2. The summed E-state index contributed by atoms with van der Waals surface area (Å²) in [6.45, 7) is 7.17. The van der Waals surface area contributed by atoms with Crippen molar-refractivity contribution in [2.45, 2.75) is 45.8 Å². The lowest BCUT2D eigenvalue weighted by Gasteiger charge is -2.23. The minimum atomic E-state index is -0.0852. The van der Waals surface area contributed by atoms with Crippen LogP contribution in [-0.2, 0) is 4.74 Å². The molecule has 1 aliphatic rings. The standard InChI is InChI=1S/C25H26ClN7O3/c1-13(2)35-24-21-17(15-4-5-18-20(10-15)36-14(3)29-18)11-27-23(21)31-25(32-24)30-19-12-28-33(22(19)26)16-6-8-34-9-7-16/h4-5,10-13,16H,6-9H2,1-3H3,(H2,27,30,31,32). The summed E-state index contributed by atoms with van der Waals surface area (Å²) in [6.07, 6.45) is 5.26. The van der Waals surface area contributed by atoms with E-state index in [0.717, 1.165) is 40.5 Å². The number of anilines is 2. The first-order valence-electron chi connectivity index (χ1n) is 12.0. The van der Waals surface area contributed by atoms with Crippen molar-refractivity contribution in [3.63, 3.8) is 0 Å². The Labute approximate surface area is 212 Å². The molecule has 1 saturated heterocycles. The number of rotatable bonds is 6. The quantitative estimate of drug-likeness (QED) is 0.296. The van der Waals surface area contributed by atoms with E-state index in [9.17, 15) is 0 Å². The van der Waals surface area contributed by atoms with Crippen LogP contribution >= 0.6 is 11.6 Å². The van der Waals surface area contributed by atoms with Crippen LogP contribution in [0.4, 0.5) is 11.6 Å². The van der Waals surface area contributed by atoms with E-state index in [1.807, 2.05) is 49.8 Å². The van der Waals surface area contributed by atoms with E-state index in [-0.39, 0.29) is 12.1 Å². The van der Waals surface area contributed by atoms with Gasteiger partial charge in [0.25, 0.3) is 0 Å². The summed E-state index contributed by atoms with van der Waals surface area (Å²) in [6, 6.07) is 6.12. The lowest BCUT2D eigenvalue weighted by molar-refractivity contribution is 0.0663. The Morgan fingerprint density at radius 2 is 2.03 bits per heavy atom. The number of aromatic amines is 1. The molecule has 0 amide bonds. The first kappa shape index (κ1) is 22.8. The molecule has 10 nitrogen and oxygen atoms in total. The molecule has 0 atom stereocenters. The van der Waals surface area contributed by atoms with Crippen LogP contribution in [0.25, 0.3) is 33.3 Å². The molecule has 5 aromatic rings. The number of benzene rings is 1. The Balaban J connectivity index is 1.38. The second-order valence-electron chi connectivity index (χ2n) is 9.12. The van der Waals surface area contributed by atoms with Crippen LogP contribution < -0.4 is 10.1 Å². The summed E-state index contributed by atoms with van der Waals surface area (Å²) >= 11 is 6.67. The molecule has 0 aliphatic carbocycles. The topological polar surface area (TPSA) is 116 Å². The maximum absolute atomic E-state index is 6.67. The van der Waals surface area contributed by atoms with Gasteiger partial charge in [0.1, 0.15) is 11.2 Å². The van der Waals surface area contributed by atoms with Crippen LogP contribution in [-0.4, -0.2) is 49.0 Å². The van der Waals surface area contributed by atoms with Gasteiger partial charge < -0.3 is 24.2 Å². The van der Waals surface area contributed by atoms with Crippen LogP contribution in [0.3, 0.4) is 0 Å². The molecule has 11 heteroatoms. The number of nitrogens with one attached hydrogen (secondary N) is 2. The predicted octanol–water partition coefficient (Wildman–Crippen LogP) is 5.81. The van der Waals surface area contributed by atoms with E-state index in [0.29, 0.717) is 47.4 Å². The van der Waals surface area contributed by atoms with Crippen LogP contribution in [0.2, 0.25) is 5.15 Å². The maximum atomic E-state index is 6.67. The normalized spacial score (nSPS) is 14.8. The molecule has 4 aromatic heterocycles. The number of oxazole rings is 1. The molecular weight excluding hydrogens is 482 g/mol. The van der Waals surface area contributed by atoms with E-state index < -0.39 is 0 Å². The van der Waals surface area contributed by atoms with Crippen molar-refractivity contribution in [3.8, 4) is 17.0 Å². The Kier molecular flexibility index (Phi) is 5.77. The molecular formula is C25H26ClN7O3. The lowest BCUT2D eigenvalue weighted by atomic mass is 10.1. The van der Waals surface area contributed by atoms with E-state index in [2.05, 4.69) is 20.4 Å². The monoisotopic (exact) mass is 507 g/mol. The second-order valence-corrected chi connectivity index (χ2v) is 9.48. The highest BCUT2D eigenvalue weighted by atomic mass is 35.5. The van der Waals surface area contributed by atoms with Gasteiger partial charge in [0.15, 0.2) is 16.6 Å². The van der Waals surface area contributed by atoms with Gasteiger partial charge >= 0.3 is 0 Å². The molecule has 186 valence electrons. The first-order valence-corrected chi connectivity index (χ1v) is 12.3. The fraction of sp³-hybridized carbons (Fsp3) is 0.360. The zero-order chi connectivity index (χ0) is 24.8. The van der Waals surface area contributed by atoms with Crippen LogP contribution in [0.5, 0.6) is 5.88 Å². The first-order chi connectivity index (χ1) is 17.5. The zero-order valence-corrected chi connectivity index (χ0v) is 21.0. The Morgan fingerprint density at radius 3 is 2.83 bits per heavy atom. The average Bonchev–Trinajstić information content (AvgIpc) is 3.55. The minimum Gasteiger partial charge on any atom is -0.474 e. The number of H-pyrrole nitrogens is 1. The molecule has 5 heterocycles. The molecule has 2 N–H and O–H groups in total. The molecule has 1 aliphatic heterocycles. The fourth-order valence-corrected chi connectivity index (χ4v) is 4.81. The average molecular weight is 508 g/mol. The van der Waals surface area contributed by atoms with Crippen LogP contribution in [0.1, 0.15) is 38.6 Å². The molecule has 0 saturated carbocycles. The molecule has 0 spiro atoms. The summed E-state index contributed by atoms with van der Waals surface area (Å²) < 4.78 is 19.2. The minimum absolute atomic E-state index is 0.0852. The van der Waals surface area contributed by atoms with Crippen molar-refractivity contribution >= 4 is 45.4 Å². The third-order valence-electron chi connectivity index (χ3n) is 6.17. The number of aromatic nitrogens is 6. The molecule has 6 rings (SSSR count). The van der Waals surface area contributed by atoms with Crippen molar-refractivity contribution < 1.29 is 13.9 Å². The SMILES string of the molecule is Cc1nc2ccc(-c3c[nH]c4nc(Nc5cnn(C6CCOCC6)c5Cl)nc(OC(C)C)c34)cc2o1. The number of nitrogens with zero attached hydrogens (tertiary/aromatic N) is 5. The molecule has 0 unspecified atom stereocenters. The Morgan fingerprint density at radius 1 is 1.19 bits per heavy atom. The third-order valence-corrected chi connectivity index (χ3v) is 6.55. The smallest absolute Gasteiger partial charge is 0.232 e. The van der Waals surface area contributed by atoms with Gasteiger partial charge in [-0.15, -0.1) is 0 Å². The Bertz CT molecular complexity index is 1550. The van der Waals surface area contributed by atoms with E-state index in [1.54, 1.807) is 6.20 Å². The molecule has 36 heavy (non-hydrogen) atoms. The van der Waals surface area contributed by atoms with Crippen molar-refractivity contribution in [1.29, 1.82) is 0 Å². The van der Waals surface area contributed by atoms with Crippen molar-refractivity contribution in [1.82, 2.24) is 29.7 Å². The molecule has 0 bridgehead atoms. The van der Waals surface area contributed by atoms with Crippen molar-refractivity contribution in [3.05, 3.63) is 41.6 Å². The van der Waals surface area contributed by atoms with Crippen LogP contribution in [0, 0.1) is 6.92 Å². The third kappa shape index (κ3) is 4.16. The number of hydrogen-bond donors (Lipinski definition) is 2. The summed E-state index contributed by atoms with van der Waals surface area (Å²) in [5.74, 6) is 1.46. The second kappa shape index (κ2) is 9.11. The highest BCUT2D eigenvalue weighted by Crippen LogP contribution is 2.37. The predicted molar refractivity (Wildman–Crippen MR) is 137 cm³/mol. The molecule has 1 aromatic carbocycles.